The number of aromatic nitrogens is 2. The Hall–Kier alpha value is -2.39. The van der Waals surface area contributed by atoms with E-state index in [-0.39, 0.29) is 17.4 Å². The fourth-order valence-electron chi connectivity index (χ4n) is 3.40. The molecule has 1 saturated heterocycles. The van der Waals surface area contributed by atoms with E-state index in [1.807, 2.05) is 31.2 Å². The van der Waals surface area contributed by atoms with Gasteiger partial charge in [0.05, 0.1) is 6.61 Å². The lowest BCUT2D eigenvalue weighted by molar-refractivity contribution is 0.179. The molecule has 2 heterocycles. The molecule has 1 unspecified atom stereocenters. The van der Waals surface area contributed by atoms with Crippen molar-refractivity contribution in [3.63, 3.8) is 0 Å². The largest absolute Gasteiger partial charge is 0.493 e. The van der Waals surface area contributed by atoms with Gasteiger partial charge in [-0.1, -0.05) is 18.2 Å². The Balaban J connectivity index is 1.79. The van der Waals surface area contributed by atoms with E-state index in [1.165, 1.54) is 18.4 Å². The summed E-state index contributed by atoms with van der Waals surface area (Å²) in [5.41, 5.74) is -0.343. The summed E-state index contributed by atoms with van der Waals surface area (Å²) in [6.07, 6.45) is 2.64. The smallest absolute Gasteiger partial charge is 0.330 e. The summed E-state index contributed by atoms with van der Waals surface area (Å²) in [5, 5.41) is 0. The molecule has 28 heavy (non-hydrogen) atoms. The van der Waals surface area contributed by atoms with Crippen molar-refractivity contribution in [2.24, 2.45) is 20.0 Å². The van der Waals surface area contributed by atoms with Gasteiger partial charge in [-0.05, 0) is 31.4 Å². The maximum atomic E-state index is 13.1. The Morgan fingerprint density at radius 3 is 2.61 bits per heavy atom. The molecule has 1 aliphatic rings. The molecular formula is C19H25N3O5S. The van der Waals surface area contributed by atoms with Crippen LogP contribution in [-0.2, 0) is 24.1 Å². The Kier molecular flexibility index (Phi) is 5.76. The predicted molar refractivity (Wildman–Crippen MR) is 105 cm³/mol. The van der Waals surface area contributed by atoms with Crippen LogP contribution in [0.4, 0.5) is 0 Å². The van der Waals surface area contributed by atoms with Crippen LogP contribution in [0.1, 0.15) is 18.4 Å². The number of rotatable bonds is 5. The Morgan fingerprint density at radius 2 is 1.89 bits per heavy atom. The molecular weight excluding hydrogens is 382 g/mol. The van der Waals surface area contributed by atoms with Crippen molar-refractivity contribution in [1.82, 2.24) is 13.4 Å². The third-order valence-electron chi connectivity index (χ3n) is 5.08. The Labute approximate surface area is 164 Å². The van der Waals surface area contributed by atoms with Gasteiger partial charge < -0.3 is 9.30 Å². The maximum absolute atomic E-state index is 13.1. The van der Waals surface area contributed by atoms with E-state index in [0.717, 1.165) is 33.1 Å². The van der Waals surface area contributed by atoms with Crippen LogP contribution < -0.4 is 16.0 Å². The molecule has 0 aliphatic carbocycles. The Morgan fingerprint density at radius 1 is 1.18 bits per heavy atom. The number of nitrogens with zero attached hydrogens (tertiary/aromatic N) is 3. The summed E-state index contributed by atoms with van der Waals surface area (Å²) < 4.78 is 35.2. The van der Waals surface area contributed by atoms with Crippen LogP contribution in [0.3, 0.4) is 0 Å². The minimum Gasteiger partial charge on any atom is -0.493 e. The van der Waals surface area contributed by atoms with E-state index in [4.69, 9.17) is 4.74 Å². The average molecular weight is 407 g/mol. The summed E-state index contributed by atoms with van der Waals surface area (Å²) in [4.78, 5) is 23.8. The fourth-order valence-corrected chi connectivity index (χ4v) is 5.10. The highest BCUT2D eigenvalue weighted by atomic mass is 32.2. The number of hydrogen-bond donors (Lipinski definition) is 0. The summed E-state index contributed by atoms with van der Waals surface area (Å²) in [6, 6.07) is 7.68. The zero-order valence-electron chi connectivity index (χ0n) is 16.3. The van der Waals surface area contributed by atoms with Gasteiger partial charge >= 0.3 is 5.69 Å². The quantitative estimate of drug-likeness (QED) is 0.734. The molecule has 1 aliphatic heterocycles. The number of hydrogen-bond acceptors (Lipinski definition) is 5. The van der Waals surface area contributed by atoms with Crippen molar-refractivity contribution < 1.29 is 13.2 Å². The molecule has 1 aromatic carbocycles. The van der Waals surface area contributed by atoms with Crippen LogP contribution in [0.15, 0.2) is 44.9 Å². The molecule has 8 nitrogen and oxygen atoms in total. The second-order valence-corrected chi connectivity index (χ2v) is 9.11. The lowest BCUT2D eigenvalue weighted by Gasteiger charge is -2.31. The molecule has 0 bridgehead atoms. The average Bonchev–Trinajstić information content (AvgIpc) is 2.68. The van der Waals surface area contributed by atoms with E-state index in [0.29, 0.717) is 19.6 Å². The normalized spacial score (nSPS) is 18.2. The van der Waals surface area contributed by atoms with Crippen LogP contribution in [-0.4, -0.2) is 41.6 Å². The highest BCUT2D eigenvalue weighted by Gasteiger charge is 2.33. The van der Waals surface area contributed by atoms with Crippen molar-refractivity contribution in [1.29, 1.82) is 0 Å². The van der Waals surface area contributed by atoms with E-state index < -0.39 is 21.3 Å². The monoisotopic (exact) mass is 407 g/mol. The van der Waals surface area contributed by atoms with Gasteiger partial charge in [-0.2, -0.15) is 4.31 Å². The lowest BCUT2D eigenvalue weighted by atomic mass is 10.0. The standard InChI is InChI=1S/C19H25N3O5S/c1-14-7-4-5-9-16(14)27-13-15-8-6-10-22(11-15)28(25,26)17-12-20(2)19(24)21(3)18(17)23/h4-5,7,9,12,15H,6,8,10-11,13H2,1-3H3. The van der Waals surface area contributed by atoms with Crippen molar-refractivity contribution >= 4 is 10.0 Å². The number of para-hydroxylation sites is 1. The number of benzene rings is 1. The van der Waals surface area contributed by atoms with E-state index in [1.54, 1.807) is 0 Å². The number of ether oxygens (including phenoxy) is 1. The van der Waals surface area contributed by atoms with Crippen LogP contribution in [0.25, 0.3) is 0 Å². The zero-order chi connectivity index (χ0) is 20.5. The molecule has 1 fully saturated rings. The van der Waals surface area contributed by atoms with Gasteiger partial charge in [-0.3, -0.25) is 9.36 Å². The third kappa shape index (κ3) is 3.90. The summed E-state index contributed by atoms with van der Waals surface area (Å²) >= 11 is 0. The third-order valence-corrected chi connectivity index (χ3v) is 6.93. The first-order valence-electron chi connectivity index (χ1n) is 9.17. The van der Waals surface area contributed by atoms with Crippen LogP contribution in [0, 0.1) is 12.8 Å². The van der Waals surface area contributed by atoms with Gasteiger partial charge in [0.15, 0.2) is 4.90 Å². The van der Waals surface area contributed by atoms with Gasteiger partial charge in [0.25, 0.3) is 5.56 Å². The molecule has 1 aromatic heterocycles. The Bertz CT molecular complexity index is 1090. The van der Waals surface area contributed by atoms with Gasteiger partial charge in [0.1, 0.15) is 5.75 Å². The van der Waals surface area contributed by atoms with Gasteiger partial charge in [0, 0.05) is 39.3 Å². The molecule has 0 saturated carbocycles. The molecule has 0 radical (unpaired) electrons. The van der Waals surface area contributed by atoms with Crippen LogP contribution in [0.5, 0.6) is 5.75 Å². The molecule has 152 valence electrons. The van der Waals surface area contributed by atoms with Crippen LogP contribution in [0.2, 0.25) is 0 Å². The second-order valence-electron chi connectivity index (χ2n) is 7.20. The van der Waals surface area contributed by atoms with E-state index >= 15 is 0 Å². The minimum absolute atomic E-state index is 0.0273. The fraction of sp³-hybridized carbons (Fsp3) is 0.474. The first-order chi connectivity index (χ1) is 13.2. The van der Waals surface area contributed by atoms with Crippen molar-refractivity contribution in [3.8, 4) is 5.75 Å². The summed E-state index contributed by atoms with van der Waals surface area (Å²) in [7, 11) is -1.29. The van der Waals surface area contributed by atoms with Gasteiger partial charge in [0.2, 0.25) is 10.0 Å². The topological polar surface area (TPSA) is 90.6 Å². The molecule has 1 atom stereocenters. The van der Waals surface area contributed by atoms with Crippen LogP contribution >= 0.6 is 0 Å². The minimum atomic E-state index is -3.99. The molecule has 0 amide bonds. The summed E-state index contributed by atoms with van der Waals surface area (Å²) in [6.45, 7) is 2.99. The highest BCUT2D eigenvalue weighted by Crippen LogP contribution is 2.24. The van der Waals surface area contributed by atoms with E-state index in [9.17, 15) is 18.0 Å². The first-order valence-corrected chi connectivity index (χ1v) is 10.6. The first kappa shape index (κ1) is 20.3. The zero-order valence-corrected chi connectivity index (χ0v) is 17.1. The molecule has 2 aromatic rings. The predicted octanol–water partition coefficient (Wildman–Crippen LogP) is 0.872. The highest BCUT2D eigenvalue weighted by molar-refractivity contribution is 7.89. The molecule has 3 rings (SSSR count). The lowest BCUT2D eigenvalue weighted by Crippen LogP contribution is -2.46. The number of aryl methyl sites for hydroxylation is 2. The summed E-state index contributed by atoms with van der Waals surface area (Å²) in [5.74, 6) is 0.814. The van der Waals surface area contributed by atoms with Crippen molar-refractivity contribution in [3.05, 3.63) is 56.9 Å². The van der Waals surface area contributed by atoms with Gasteiger partial charge in [-0.25, -0.2) is 13.2 Å². The maximum Gasteiger partial charge on any atom is 0.330 e. The van der Waals surface area contributed by atoms with Crippen molar-refractivity contribution in [2.75, 3.05) is 19.7 Å². The molecule has 0 spiro atoms. The molecule has 0 N–H and O–H groups in total. The number of sulfonamides is 1. The van der Waals surface area contributed by atoms with Crippen molar-refractivity contribution in [2.45, 2.75) is 24.7 Å². The van der Waals surface area contributed by atoms with Gasteiger partial charge in [-0.15, -0.1) is 0 Å². The molecule has 9 heteroatoms. The number of piperidine rings is 1. The SMILES string of the molecule is Cc1ccccc1OCC1CCCN(S(=O)(=O)c2cn(C)c(=O)n(C)c2=O)C1. The second kappa shape index (κ2) is 7.92. The van der Waals surface area contributed by atoms with E-state index in [2.05, 4.69) is 0 Å².